The summed E-state index contributed by atoms with van der Waals surface area (Å²) >= 11 is 0. The number of nitrogens with two attached hydrogens (primary N) is 1. The monoisotopic (exact) mass is 484 g/mol. The highest BCUT2D eigenvalue weighted by molar-refractivity contribution is 5.88. The summed E-state index contributed by atoms with van der Waals surface area (Å²) in [7, 11) is 1.40. The van der Waals surface area contributed by atoms with Gasteiger partial charge in [-0.2, -0.15) is 14.0 Å². The lowest BCUT2D eigenvalue weighted by Gasteiger charge is -2.37. The van der Waals surface area contributed by atoms with E-state index in [1.54, 1.807) is 18.2 Å². The van der Waals surface area contributed by atoms with Gasteiger partial charge in [-0.25, -0.2) is 9.37 Å². The van der Waals surface area contributed by atoms with Gasteiger partial charge in [0.1, 0.15) is 22.3 Å². The molecular formula is C23H19F3N6O3. The Kier molecular flexibility index (Phi) is 5.96. The van der Waals surface area contributed by atoms with Gasteiger partial charge in [-0.15, -0.1) is 0 Å². The highest BCUT2D eigenvalue weighted by Gasteiger charge is 2.44. The molecule has 2 aromatic heterocycles. The van der Waals surface area contributed by atoms with Crippen LogP contribution >= 0.6 is 0 Å². The average molecular weight is 484 g/mol. The molecule has 0 aliphatic heterocycles. The number of benzene rings is 1. The first-order valence-electron chi connectivity index (χ1n) is 10.2. The lowest BCUT2D eigenvalue weighted by Crippen LogP contribution is -2.42. The molecule has 2 atom stereocenters. The number of nitriles is 1. The molecule has 9 nitrogen and oxygen atoms in total. The fourth-order valence-corrected chi connectivity index (χ4v) is 3.79. The number of aromatic amines is 1. The molecule has 35 heavy (non-hydrogen) atoms. The molecular weight excluding hydrogens is 465 g/mol. The summed E-state index contributed by atoms with van der Waals surface area (Å²) in [5, 5.41) is 11.8. The number of halogens is 3. The minimum absolute atomic E-state index is 0.00594. The Morgan fingerprint density at radius 1 is 1.31 bits per heavy atom. The van der Waals surface area contributed by atoms with Gasteiger partial charge >= 0.3 is 6.61 Å². The molecule has 1 aromatic carbocycles. The molecule has 1 aliphatic carbocycles. The summed E-state index contributed by atoms with van der Waals surface area (Å²) in [6.45, 7) is -1.84. The smallest absolute Gasteiger partial charge is 0.387 e. The fourth-order valence-electron chi connectivity index (χ4n) is 3.79. The number of amides is 1. The van der Waals surface area contributed by atoms with Gasteiger partial charge in [0.15, 0.2) is 17.2 Å². The van der Waals surface area contributed by atoms with Crippen molar-refractivity contribution < 1.29 is 27.4 Å². The number of ether oxygens (including phenoxy) is 2. The normalized spacial score (nSPS) is 21.6. The van der Waals surface area contributed by atoms with E-state index < -0.39 is 40.8 Å². The van der Waals surface area contributed by atoms with Crippen molar-refractivity contribution in [2.45, 2.75) is 19.1 Å². The van der Waals surface area contributed by atoms with Crippen molar-refractivity contribution in [2.24, 2.45) is 11.1 Å². The minimum atomic E-state index is -3.30. The maximum atomic E-state index is 15.0. The number of H-pyrrole nitrogens is 1. The van der Waals surface area contributed by atoms with Gasteiger partial charge in [0, 0.05) is 25.1 Å². The second kappa shape index (κ2) is 8.77. The molecule has 0 fully saturated rings. The van der Waals surface area contributed by atoms with Crippen LogP contribution in [0, 0.1) is 22.6 Å². The van der Waals surface area contributed by atoms with Crippen LogP contribution in [-0.2, 0) is 15.1 Å². The van der Waals surface area contributed by atoms with Gasteiger partial charge in [0.2, 0.25) is 5.91 Å². The summed E-state index contributed by atoms with van der Waals surface area (Å²) in [4.78, 5) is 24.1. The summed E-state index contributed by atoms with van der Waals surface area (Å²) < 4.78 is 51.3. The van der Waals surface area contributed by atoms with Crippen molar-refractivity contribution in [2.75, 3.05) is 12.4 Å². The summed E-state index contributed by atoms with van der Waals surface area (Å²) in [5.74, 6) is -2.50. The number of carbonyl (C=O) groups excluding carboxylic acids is 1. The SMILES string of the molecule is COC1(c2nccc3[nH]cnc23)C=CC(C)(C(N)=O)C(Nc2c(F)cc(C#N)cc2OC(F)F)=C1. The quantitative estimate of drug-likeness (QED) is 0.437. The first kappa shape index (κ1) is 23.8. The van der Waals surface area contributed by atoms with Crippen LogP contribution in [0.15, 0.2) is 54.6 Å². The zero-order chi connectivity index (χ0) is 25.4. The van der Waals surface area contributed by atoms with Crippen molar-refractivity contribution in [3.05, 3.63) is 71.7 Å². The molecule has 1 amide bonds. The van der Waals surface area contributed by atoms with E-state index in [4.69, 9.17) is 15.7 Å². The van der Waals surface area contributed by atoms with Crippen molar-refractivity contribution in [3.63, 3.8) is 0 Å². The van der Waals surface area contributed by atoms with Crippen LogP contribution in [0.2, 0.25) is 0 Å². The van der Waals surface area contributed by atoms with Crippen LogP contribution in [0.3, 0.4) is 0 Å². The number of rotatable bonds is 7. The Morgan fingerprint density at radius 2 is 2.09 bits per heavy atom. The van der Waals surface area contributed by atoms with Gasteiger partial charge in [-0.1, -0.05) is 6.08 Å². The zero-order valence-corrected chi connectivity index (χ0v) is 18.5. The molecule has 0 saturated heterocycles. The summed E-state index contributed by atoms with van der Waals surface area (Å²) in [6, 6.07) is 5.18. The molecule has 1 aliphatic rings. The third-order valence-electron chi connectivity index (χ3n) is 5.80. The third-order valence-corrected chi connectivity index (χ3v) is 5.80. The van der Waals surface area contributed by atoms with Crippen LogP contribution < -0.4 is 15.8 Å². The number of aromatic nitrogens is 3. The van der Waals surface area contributed by atoms with Crippen LogP contribution in [0.25, 0.3) is 11.0 Å². The standard InChI is InChI=1S/C23H19F3N6O3/c1-22(20(28)33)4-5-23(34-2,19-18-14(3-6-29-19)30-11-31-18)9-16(22)32-17-13(24)7-12(10-27)8-15(17)35-21(25)26/h3-9,11,21,32H,1-2H3,(H2,28,33)(H,30,31). The second-order valence-electron chi connectivity index (χ2n) is 7.86. The van der Waals surface area contributed by atoms with E-state index in [0.717, 1.165) is 12.1 Å². The number of methoxy groups -OCH3 is 1. The zero-order valence-electron chi connectivity index (χ0n) is 18.5. The molecule has 0 spiro atoms. The Hall–Kier alpha value is -4.37. The van der Waals surface area contributed by atoms with E-state index in [-0.39, 0.29) is 11.3 Å². The van der Waals surface area contributed by atoms with E-state index in [1.807, 2.05) is 0 Å². The molecule has 0 saturated carbocycles. The van der Waals surface area contributed by atoms with Crippen LogP contribution in [0.4, 0.5) is 18.9 Å². The Morgan fingerprint density at radius 3 is 2.74 bits per heavy atom. The number of alkyl halides is 2. The maximum Gasteiger partial charge on any atom is 0.387 e. The van der Waals surface area contributed by atoms with Crippen LogP contribution in [-0.4, -0.2) is 34.6 Å². The van der Waals surface area contributed by atoms with Crippen molar-refractivity contribution in [1.82, 2.24) is 15.0 Å². The van der Waals surface area contributed by atoms with Gasteiger partial charge in [-0.3, -0.25) is 9.78 Å². The Labute approximate surface area is 197 Å². The highest BCUT2D eigenvalue weighted by atomic mass is 19.3. The third kappa shape index (κ3) is 4.06. The number of nitrogens with zero attached hydrogens (tertiary/aromatic N) is 3. The van der Waals surface area contributed by atoms with Crippen LogP contribution in [0.1, 0.15) is 18.2 Å². The molecule has 180 valence electrons. The summed E-state index contributed by atoms with van der Waals surface area (Å²) in [6.07, 6.45) is 7.46. The molecule has 0 bridgehead atoms. The predicted molar refractivity (Wildman–Crippen MR) is 118 cm³/mol. The van der Waals surface area contributed by atoms with E-state index in [9.17, 15) is 18.0 Å². The molecule has 4 N–H and O–H groups in total. The number of hydrogen-bond donors (Lipinski definition) is 3. The Bertz CT molecular complexity index is 1410. The number of imidazole rings is 1. The van der Waals surface area contributed by atoms with Crippen LogP contribution in [0.5, 0.6) is 5.75 Å². The lowest BCUT2D eigenvalue weighted by atomic mass is 9.76. The topological polar surface area (TPSA) is 139 Å². The minimum Gasteiger partial charge on any atom is -0.432 e. The molecule has 0 radical (unpaired) electrons. The van der Waals surface area contributed by atoms with Gasteiger partial charge < -0.3 is 25.5 Å². The molecule has 4 rings (SSSR count). The van der Waals surface area contributed by atoms with Crippen molar-refractivity contribution >= 4 is 22.6 Å². The van der Waals surface area contributed by atoms with Crippen molar-refractivity contribution in [1.29, 1.82) is 5.26 Å². The number of fused-ring (bicyclic) bond motifs is 1. The van der Waals surface area contributed by atoms with E-state index >= 15 is 0 Å². The van der Waals surface area contributed by atoms with E-state index in [2.05, 4.69) is 25.0 Å². The molecule has 12 heteroatoms. The first-order valence-corrected chi connectivity index (χ1v) is 10.2. The Balaban J connectivity index is 1.91. The molecule has 2 heterocycles. The largest absolute Gasteiger partial charge is 0.432 e. The summed E-state index contributed by atoms with van der Waals surface area (Å²) in [5.41, 5.74) is 3.49. The number of pyridine rings is 1. The molecule has 3 aromatic rings. The number of hydrogen-bond acceptors (Lipinski definition) is 7. The number of nitrogens with one attached hydrogen (secondary N) is 2. The predicted octanol–water partition coefficient (Wildman–Crippen LogP) is 3.47. The van der Waals surface area contributed by atoms with Gasteiger partial charge in [0.05, 0.1) is 23.5 Å². The maximum absolute atomic E-state index is 15.0. The van der Waals surface area contributed by atoms with Gasteiger partial charge in [-0.05, 0) is 31.2 Å². The second-order valence-corrected chi connectivity index (χ2v) is 7.86. The molecule has 2 unspecified atom stereocenters. The number of primary amides is 1. The van der Waals surface area contributed by atoms with E-state index in [1.165, 1.54) is 38.7 Å². The highest BCUT2D eigenvalue weighted by Crippen LogP contribution is 2.44. The van der Waals surface area contributed by atoms with Gasteiger partial charge in [0.25, 0.3) is 0 Å². The average Bonchev–Trinajstić information content (AvgIpc) is 3.31. The van der Waals surface area contributed by atoms with Crippen molar-refractivity contribution in [3.8, 4) is 11.8 Å². The lowest BCUT2D eigenvalue weighted by molar-refractivity contribution is -0.123. The number of carbonyl (C=O) groups is 1. The van der Waals surface area contributed by atoms with E-state index in [0.29, 0.717) is 16.7 Å². The fraction of sp³-hybridized carbons (Fsp3) is 0.217. The number of anilines is 1. The first-order chi connectivity index (χ1) is 16.6.